The van der Waals surface area contributed by atoms with Gasteiger partial charge < -0.3 is 15.5 Å². The van der Waals surface area contributed by atoms with E-state index in [1.54, 1.807) is 23.7 Å². The van der Waals surface area contributed by atoms with E-state index in [1.165, 1.54) is 9.88 Å². The second-order valence-electron chi connectivity index (χ2n) is 7.03. The van der Waals surface area contributed by atoms with E-state index in [0.29, 0.717) is 0 Å². The zero-order valence-electron chi connectivity index (χ0n) is 17.9. The number of hydrogen-bond donors (Lipinski definition) is 2. The molecule has 10 heteroatoms. The first-order valence-corrected chi connectivity index (χ1v) is 11.2. The van der Waals surface area contributed by atoms with Gasteiger partial charge in [-0.25, -0.2) is 15.0 Å². The normalized spacial score (nSPS) is 15.0. The summed E-state index contributed by atoms with van der Waals surface area (Å²) in [6, 6.07) is 1.86. The lowest BCUT2D eigenvalue weighted by Crippen LogP contribution is -2.47. The Morgan fingerprint density at radius 1 is 1.13 bits per heavy atom. The van der Waals surface area contributed by atoms with Crippen molar-refractivity contribution >= 4 is 47.2 Å². The van der Waals surface area contributed by atoms with Crippen molar-refractivity contribution in [2.75, 3.05) is 57.3 Å². The fourth-order valence-electron chi connectivity index (χ4n) is 3.26. The van der Waals surface area contributed by atoms with Crippen molar-refractivity contribution in [1.29, 1.82) is 0 Å². The summed E-state index contributed by atoms with van der Waals surface area (Å²) in [5, 5.41) is 7.91. The first-order chi connectivity index (χ1) is 14.2. The Morgan fingerprint density at radius 2 is 1.90 bits per heavy atom. The molecule has 1 saturated heterocycles. The number of thiazole rings is 1. The van der Waals surface area contributed by atoms with Crippen molar-refractivity contribution in [2.24, 2.45) is 4.99 Å². The Balaban J connectivity index is 0.00000320. The molecule has 0 aliphatic carbocycles. The molecule has 8 nitrogen and oxygen atoms in total. The number of nitrogens with zero attached hydrogens (tertiary/aromatic N) is 6. The number of hydrogen-bond acceptors (Lipinski definition) is 7. The number of aliphatic imine (C=N–C) groups is 1. The van der Waals surface area contributed by atoms with Gasteiger partial charge >= 0.3 is 0 Å². The van der Waals surface area contributed by atoms with E-state index < -0.39 is 0 Å². The molecule has 0 bridgehead atoms. The molecule has 0 unspecified atom stereocenters. The summed E-state index contributed by atoms with van der Waals surface area (Å²) in [6.45, 7) is 11.9. The van der Waals surface area contributed by atoms with Gasteiger partial charge in [-0.3, -0.25) is 9.89 Å². The number of nitrogens with one attached hydrogen (secondary N) is 2. The van der Waals surface area contributed by atoms with E-state index in [4.69, 9.17) is 4.99 Å². The van der Waals surface area contributed by atoms with Crippen LogP contribution in [0.15, 0.2) is 29.6 Å². The van der Waals surface area contributed by atoms with Crippen molar-refractivity contribution in [3.63, 3.8) is 0 Å². The minimum absolute atomic E-state index is 0. The van der Waals surface area contributed by atoms with Crippen LogP contribution < -0.4 is 15.5 Å². The maximum absolute atomic E-state index is 4.72. The minimum atomic E-state index is 0. The number of piperazine rings is 1. The molecule has 0 atom stereocenters. The predicted molar refractivity (Wildman–Crippen MR) is 135 cm³/mol. The van der Waals surface area contributed by atoms with E-state index in [2.05, 4.69) is 49.2 Å². The van der Waals surface area contributed by atoms with Crippen LogP contribution in [0.3, 0.4) is 0 Å². The molecule has 3 heterocycles. The highest BCUT2D eigenvalue weighted by atomic mass is 127. The summed E-state index contributed by atoms with van der Waals surface area (Å²) < 4.78 is 0. The van der Waals surface area contributed by atoms with Crippen LogP contribution in [-0.4, -0.2) is 78.2 Å². The Hall–Kier alpha value is -1.53. The maximum Gasteiger partial charge on any atom is 0.225 e. The van der Waals surface area contributed by atoms with E-state index in [1.807, 2.05) is 12.3 Å². The minimum Gasteiger partial charge on any atom is -0.357 e. The largest absolute Gasteiger partial charge is 0.357 e. The third-order valence-corrected chi connectivity index (χ3v) is 5.73. The lowest BCUT2D eigenvalue weighted by molar-refractivity contribution is 0.255. The third-order valence-electron chi connectivity index (χ3n) is 4.75. The summed E-state index contributed by atoms with van der Waals surface area (Å²) in [4.78, 5) is 23.8. The van der Waals surface area contributed by atoms with Crippen LogP contribution in [-0.2, 0) is 6.42 Å². The highest BCUT2D eigenvalue weighted by Gasteiger charge is 2.18. The van der Waals surface area contributed by atoms with Crippen molar-refractivity contribution in [1.82, 2.24) is 30.5 Å². The summed E-state index contributed by atoms with van der Waals surface area (Å²) in [6.07, 6.45) is 7.54. The number of guanidine groups is 1. The molecule has 166 valence electrons. The van der Waals surface area contributed by atoms with Gasteiger partial charge in [0.25, 0.3) is 0 Å². The fraction of sp³-hybridized carbons (Fsp3) is 0.600. The van der Waals surface area contributed by atoms with Gasteiger partial charge in [-0.15, -0.1) is 35.3 Å². The van der Waals surface area contributed by atoms with Gasteiger partial charge in [0.05, 0.1) is 5.01 Å². The monoisotopic (exact) mass is 544 g/mol. The summed E-state index contributed by atoms with van der Waals surface area (Å²) >= 11 is 1.76. The zero-order chi connectivity index (χ0) is 20.3. The fourth-order valence-corrected chi connectivity index (χ4v) is 4.04. The second kappa shape index (κ2) is 13.7. The number of rotatable bonds is 9. The lowest BCUT2D eigenvalue weighted by Gasteiger charge is -2.34. The SMILES string of the molecule is CCNC(=NCCCN1CCN(c2ncccn2)CC1)NCCc1ncc(C)s1.I. The first-order valence-electron chi connectivity index (χ1n) is 10.4. The van der Waals surface area contributed by atoms with Gasteiger partial charge in [-0.05, 0) is 26.3 Å². The van der Waals surface area contributed by atoms with Gasteiger partial charge in [-0.1, -0.05) is 0 Å². The van der Waals surface area contributed by atoms with Gasteiger partial charge in [0.2, 0.25) is 5.95 Å². The Kier molecular flexibility index (Phi) is 11.3. The van der Waals surface area contributed by atoms with Crippen LogP contribution in [0.5, 0.6) is 0 Å². The van der Waals surface area contributed by atoms with Crippen molar-refractivity contribution in [2.45, 2.75) is 26.7 Å². The van der Waals surface area contributed by atoms with E-state index in [0.717, 1.165) is 77.1 Å². The Morgan fingerprint density at radius 3 is 2.57 bits per heavy atom. The van der Waals surface area contributed by atoms with Crippen LogP contribution in [0.25, 0.3) is 0 Å². The van der Waals surface area contributed by atoms with E-state index in [-0.39, 0.29) is 24.0 Å². The van der Waals surface area contributed by atoms with Gasteiger partial charge in [0, 0.05) is 82.2 Å². The van der Waals surface area contributed by atoms with Crippen LogP contribution in [0, 0.1) is 6.92 Å². The van der Waals surface area contributed by atoms with E-state index in [9.17, 15) is 0 Å². The number of anilines is 1. The summed E-state index contributed by atoms with van der Waals surface area (Å²) in [5.41, 5.74) is 0. The molecule has 2 aromatic rings. The molecule has 0 spiro atoms. The van der Waals surface area contributed by atoms with Crippen LogP contribution in [0.4, 0.5) is 5.95 Å². The zero-order valence-corrected chi connectivity index (χ0v) is 21.0. The smallest absolute Gasteiger partial charge is 0.225 e. The van der Waals surface area contributed by atoms with Crippen molar-refractivity contribution in [3.8, 4) is 0 Å². The van der Waals surface area contributed by atoms with Crippen molar-refractivity contribution in [3.05, 3.63) is 34.5 Å². The highest BCUT2D eigenvalue weighted by molar-refractivity contribution is 14.0. The molecule has 1 aliphatic rings. The standard InChI is InChI=1S/C20H32N8S.HI/c1-3-21-19(23-10-6-18-26-16-17(2)29-18)22-9-5-11-27-12-14-28(15-13-27)20-24-7-4-8-25-20;/h4,7-8,16H,3,5-6,9-15H2,1-2H3,(H2,21,22,23);1H. The molecule has 2 aromatic heterocycles. The maximum atomic E-state index is 4.72. The molecule has 3 rings (SSSR count). The molecule has 0 radical (unpaired) electrons. The molecule has 0 amide bonds. The second-order valence-corrected chi connectivity index (χ2v) is 8.35. The molecule has 0 saturated carbocycles. The molecule has 0 aromatic carbocycles. The van der Waals surface area contributed by atoms with Crippen LogP contribution in [0.1, 0.15) is 23.2 Å². The number of aromatic nitrogens is 3. The lowest BCUT2D eigenvalue weighted by atomic mass is 10.3. The van der Waals surface area contributed by atoms with Crippen LogP contribution >= 0.6 is 35.3 Å². The number of halogens is 1. The quantitative estimate of drug-likeness (QED) is 0.217. The Bertz CT molecular complexity index is 746. The average Bonchev–Trinajstić information content (AvgIpc) is 3.17. The summed E-state index contributed by atoms with van der Waals surface area (Å²) in [5.74, 6) is 1.73. The van der Waals surface area contributed by atoms with Crippen LogP contribution in [0.2, 0.25) is 0 Å². The molecular formula is C20H33IN8S. The third kappa shape index (κ3) is 8.31. The number of aryl methyl sites for hydroxylation is 1. The predicted octanol–water partition coefficient (Wildman–Crippen LogP) is 2.17. The summed E-state index contributed by atoms with van der Waals surface area (Å²) in [7, 11) is 0. The van der Waals surface area contributed by atoms with Crippen molar-refractivity contribution < 1.29 is 0 Å². The first kappa shape index (κ1) is 24.7. The highest BCUT2D eigenvalue weighted by Crippen LogP contribution is 2.11. The average molecular weight is 545 g/mol. The van der Waals surface area contributed by atoms with Gasteiger partial charge in [-0.2, -0.15) is 0 Å². The Labute approximate surface area is 200 Å². The van der Waals surface area contributed by atoms with Gasteiger partial charge in [0.15, 0.2) is 5.96 Å². The van der Waals surface area contributed by atoms with E-state index >= 15 is 0 Å². The molecule has 1 aliphatic heterocycles. The molecule has 2 N–H and O–H groups in total. The molecule has 30 heavy (non-hydrogen) atoms. The molecule has 1 fully saturated rings. The topological polar surface area (TPSA) is 81.6 Å². The van der Waals surface area contributed by atoms with Gasteiger partial charge in [0.1, 0.15) is 0 Å². The molecular weight excluding hydrogens is 511 g/mol.